The quantitative estimate of drug-likeness (QED) is 0.642. The van der Waals surface area contributed by atoms with Crippen LogP contribution in [0.5, 0.6) is 0 Å². The van der Waals surface area contributed by atoms with Gasteiger partial charge in [-0.1, -0.05) is 39.5 Å². The second-order valence-electron chi connectivity index (χ2n) is 6.19. The highest BCUT2D eigenvalue weighted by Gasteiger charge is 2.20. The first-order valence-corrected chi connectivity index (χ1v) is 8.46. The van der Waals surface area contributed by atoms with Crippen LogP contribution >= 0.6 is 0 Å². The van der Waals surface area contributed by atoms with Crippen molar-refractivity contribution in [2.45, 2.75) is 64.6 Å². The molecule has 0 aromatic carbocycles. The number of rotatable bonds is 10. The number of hydrogen-bond acceptors (Lipinski definition) is 4. The van der Waals surface area contributed by atoms with Crippen molar-refractivity contribution in [3.8, 4) is 0 Å². The van der Waals surface area contributed by atoms with Crippen molar-refractivity contribution in [3.63, 3.8) is 0 Å². The Balaban J connectivity index is 2.13. The zero-order valence-electron chi connectivity index (χ0n) is 13.4. The van der Waals surface area contributed by atoms with E-state index in [1.165, 1.54) is 0 Å². The van der Waals surface area contributed by atoms with Gasteiger partial charge >= 0.3 is 0 Å². The Hall–Kier alpha value is -0.160. The third kappa shape index (κ3) is 7.58. The summed E-state index contributed by atoms with van der Waals surface area (Å²) in [5, 5.41) is 19.9. The molecule has 0 radical (unpaired) electrons. The summed E-state index contributed by atoms with van der Waals surface area (Å²) in [6.45, 7) is 10.0. The maximum absolute atomic E-state index is 9.95. The molecule has 120 valence electrons. The zero-order chi connectivity index (χ0) is 14.8. The molecule has 0 aromatic heterocycles. The Bertz CT molecular complexity index is 207. The third-order valence-corrected chi connectivity index (χ3v) is 4.18. The summed E-state index contributed by atoms with van der Waals surface area (Å²) in [4.78, 5) is 4.71. The highest BCUT2D eigenvalue weighted by Crippen LogP contribution is 2.09. The number of nitrogens with zero attached hydrogens (tertiary/aromatic N) is 2. The average Bonchev–Trinajstić information content (AvgIpc) is 2.45. The Kier molecular flexibility index (Phi) is 9.44. The number of piperazine rings is 1. The number of aliphatic hydroxyl groups is 2. The Morgan fingerprint density at radius 1 is 0.750 bits per heavy atom. The van der Waals surface area contributed by atoms with E-state index in [1.807, 2.05) is 0 Å². The predicted molar refractivity (Wildman–Crippen MR) is 83.9 cm³/mol. The van der Waals surface area contributed by atoms with Gasteiger partial charge in [0.1, 0.15) is 0 Å². The van der Waals surface area contributed by atoms with E-state index in [9.17, 15) is 10.2 Å². The minimum atomic E-state index is -0.170. The first-order chi connectivity index (χ1) is 9.65. The van der Waals surface area contributed by atoms with Gasteiger partial charge in [0.15, 0.2) is 0 Å². The highest BCUT2D eigenvalue weighted by molar-refractivity contribution is 4.76. The lowest BCUT2D eigenvalue weighted by Crippen LogP contribution is -2.50. The second-order valence-corrected chi connectivity index (χ2v) is 6.19. The van der Waals surface area contributed by atoms with E-state index < -0.39 is 0 Å². The van der Waals surface area contributed by atoms with Gasteiger partial charge in [-0.2, -0.15) is 0 Å². The van der Waals surface area contributed by atoms with Crippen LogP contribution in [-0.4, -0.2) is 71.5 Å². The second kappa shape index (κ2) is 10.6. The molecular formula is C16H34N2O2. The van der Waals surface area contributed by atoms with E-state index in [1.54, 1.807) is 0 Å². The SMILES string of the molecule is CCCCC(O)CN1CCN(CC(O)CCCC)CC1. The minimum absolute atomic E-state index is 0.170. The number of β-amino-alcohol motifs (C(OH)–C–C–N with tert-alkyl or cyclic N) is 2. The fraction of sp³-hybridized carbons (Fsp3) is 1.00. The minimum Gasteiger partial charge on any atom is -0.392 e. The van der Waals surface area contributed by atoms with Crippen molar-refractivity contribution in [1.82, 2.24) is 9.80 Å². The van der Waals surface area contributed by atoms with Gasteiger partial charge in [-0.05, 0) is 12.8 Å². The standard InChI is InChI=1S/C16H34N2O2/c1-3-5-7-15(19)13-17-9-11-18(12-10-17)14-16(20)8-6-4-2/h15-16,19-20H,3-14H2,1-2H3. The normalized spacial score (nSPS) is 21.0. The third-order valence-electron chi connectivity index (χ3n) is 4.18. The van der Waals surface area contributed by atoms with Crippen molar-refractivity contribution in [1.29, 1.82) is 0 Å². The molecule has 1 aliphatic rings. The fourth-order valence-corrected chi connectivity index (χ4v) is 2.81. The monoisotopic (exact) mass is 286 g/mol. The van der Waals surface area contributed by atoms with Crippen molar-refractivity contribution < 1.29 is 10.2 Å². The summed E-state index contributed by atoms with van der Waals surface area (Å²) in [7, 11) is 0. The van der Waals surface area contributed by atoms with Crippen LogP contribution in [0.25, 0.3) is 0 Å². The highest BCUT2D eigenvalue weighted by atomic mass is 16.3. The average molecular weight is 286 g/mol. The predicted octanol–water partition coefficient (Wildman–Crippen LogP) is 1.71. The van der Waals surface area contributed by atoms with Crippen molar-refractivity contribution in [3.05, 3.63) is 0 Å². The lowest BCUT2D eigenvalue weighted by molar-refractivity contribution is 0.0436. The van der Waals surface area contributed by atoms with Crippen LogP contribution in [-0.2, 0) is 0 Å². The smallest absolute Gasteiger partial charge is 0.0667 e. The summed E-state index contributed by atoms with van der Waals surface area (Å²) in [5.41, 5.74) is 0. The van der Waals surface area contributed by atoms with Crippen LogP contribution in [0.1, 0.15) is 52.4 Å². The molecule has 0 bridgehead atoms. The molecule has 4 heteroatoms. The molecule has 0 saturated carbocycles. The number of unbranched alkanes of at least 4 members (excludes halogenated alkanes) is 2. The molecule has 20 heavy (non-hydrogen) atoms. The molecule has 1 fully saturated rings. The fourth-order valence-electron chi connectivity index (χ4n) is 2.81. The summed E-state index contributed by atoms with van der Waals surface area (Å²) in [6, 6.07) is 0. The maximum atomic E-state index is 9.95. The first-order valence-electron chi connectivity index (χ1n) is 8.46. The van der Waals surface area contributed by atoms with E-state index in [0.717, 1.165) is 77.8 Å². The molecular weight excluding hydrogens is 252 g/mol. The zero-order valence-corrected chi connectivity index (χ0v) is 13.4. The molecule has 4 nitrogen and oxygen atoms in total. The van der Waals surface area contributed by atoms with E-state index in [0.29, 0.717) is 0 Å². The molecule has 2 unspecified atom stereocenters. The van der Waals surface area contributed by atoms with Crippen LogP contribution in [0.4, 0.5) is 0 Å². The molecule has 0 aromatic rings. The van der Waals surface area contributed by atoms with Gasteiger partial charge < -0.3 is 10.2 Å². The van der Waals surface area contributed by atoms with E-state index in [-0.39, 0.29) is 12.2 Å². The maximum Gasteiger partial charge on any atom is 0.0667 e. The molecule has 0 aliphatic carbocycles. The van der Waals surface area contributed by atoms with Crippen LogP contribution in [0, 0.1) is 0 Å². The molecule has 1 heterocycles. The van der Waals surface area contributed by atoms with Gasteiger partial charge in [0.2, 0.25) is 0 Å². The Labute approximate surface area is 124 Å². The molecule has 1 saturated heterocycles. The van der Waals surface area contributed by atoms with Gasteiger partial charge in [-0.25, -0.2) is 0 Å². The molecule has 0 spiro atoms. The van der Waals surface area contributed by atoms with Gasteiger partial charge in [-0.3, -0.25) is 9.80 Å². The van der Waals surface area contributed by atoms with Gasteiger partial charge in [-0.15, -0.1) is 0 Å². The Morgan fingerprint density at radius 2 is 1.10 bits per heavy atom. The van der Waals surface area contributed by atoms with E-state index in [4.69, 9.17) is 0 Å². The van der Waals surface area contributed by atoms with Gasteiger partial charge in [0.05, 0.1) is 12.2 Å². The molecule has 1 rings (SSSR count). The summed E-state index contributed by atoms with van der Waals surface area (Å²) in [5.74, 6) is 0. The number of aliphatic hydroxyl groups excluding tert-OH is 2. The van der Waals surface area contributed by atoms with Crippen LogP contribution in [0.2, 0.25) is 0 Å². The van der Waals surface area contributed by atoms with Gasteiger partial charge in [0, 0.05) is 39.3 Å². The molecule has 1 aliphatic heterocycles. The van der Waals surface area contributed by atoms with Gasteiger partial charge in [0.25, 0.3) is 0 Å². The topological polar surface area (TPSA) is 46.9 Å². The van der Waals surface area contributed by atoms with Crippen molar-refractivity contribution >= 4 is 0 Å². The van der Waals surface area contributed by atoms with Crippen LogP contribution in [0.15, 0.2) is 0 Å². The molecule has 0 amide bonds. The largest absolute Gasteiger partial charge is 0.392 e. The van der Waals surface area contributed by atoms with Crippen LogP contribution < -0.4 is 0 Å². The van der Waals surface area contributed by atoms with E-state index >= 15 is 0 Å². The Morgan fingerprint density at radius 3 is 1.40 bits per heavy atom. The summed E-state index contributed by atoms with van der Waals surface area (Å²) in [6.07, 6.45) is 6.04. The van der Waals surface area contributed by atoms with Crippen molar-refractivity contribution in [2.24, 2.45) is 0 Å². The number of hydrogen-bond donors (Lipinski definition) is 2. The van der Waals surface area contributed by atoms with E-state index in [2.05, 4.69) is 23.6 Å². The van der Waals surface area contributed by atoms with Crippen molar-refractivity contribution in [2.75, 3.05) is 39.3 Å². The van der Waals surface area contributed by atoms with Crippen LogP contribution in [0.3, 0.4) is 0 Å². The lowest BCUT2D eigenvalue weighted by atomic mass is 10.1. The first kappa shape index (κ1) is 17.9. The molecule has 2 N–H and O–H groups in total. The lowest BCUT2D eigenvalue weighted by Gasteiger charge is -2.36. The summed E-state index contributed by atoms with van der Waals surface area (Å²) < 4.78 is 0. The summed E-state index contributed by atoms with van der Waals surface area (Å²) >= 11 is 0. The molecule has 2 atom stereocenters.